The summed E-state index contributed by atoms with van der Waals surface area (Å²) >= 11 is 0. The van der Waals surface area contributed by atoms with Crippen molar-refractivity contribution in [1.82, 2.24) is 0 Å². The molecule has 12 heavy (non-hydrogen) atoms. The van der Waals surface area contributed by atoms with Crippen LogP contribution in [0.15, 0.2) is 30.3 Å². The fourth-order valence-electron chi connectivity index (χ4n) is 0.874. The molecule has 0 saturated carbocycles. The Morgan fingerprint density at radius 2 is 1.67 bits per heavy atom. The molecule has 0 heterocycles. The lowest BCUT2D eigenvalue weighted by atomic mass is 10.4. The molecule has 0 aliphatic rings. The summed E-state index contributed by atoms with van der Waals surface area (Å²) in [6.45, 7) is 6.72. The van der Waals surface area contributed by atoms with Gasteiger partial charge in [-0.2, -0.15) is 0 Å². The summed E-state index contributed by atoms with van der Waals surface area (Å²) in [7, 11) is -1.73. The summed E-state index contributed by atoms with van der Waals surface area (Å²) in [5, 5.41) is 1.40. The Bertz CT molecular complexity index is 228. The molecule has 0 N–H and O–H groups in total. The molecule has 0 aliphatic heterocycles. The average molecular weight is 196 g/mol. The van der Waals surface area contributed by atoms with Crippen LogP contribution in [0, 0.1) is 0 Å². The fourth-order valence-corrected chi connectivity index (χ4v) is 3.74. The van der Waals surface area contributed by atoms with Gasteiger partial charge in [-0.3, -0.25) is 0 Å². The lowest BCUT2D eigenvalue weighted by Crippen LogP contribution is -2.32. The van der Waals surface area contributed by atoms with Crippen LogP contribution in [0.4, 0.5) is 0 Å². The lowest BCUT2D eigenvalue weighted by molar-refractivity contribution is 0.608. The molecule has 0 aliphatic carbocycles. The fraction of sp³-hybridized carbons (Fsp3) is 0.333. The third kappa shape index (κ3) is 3.85. The summed E-state index contributed by atoms with van der Waals surface area (Å²) in [6, 6.07) is 10.5. The minimum absolute atomic E-state index is 0.454. The van der Waals surface area contributed by atoms with Crippen LogP contribution in [0.2, 0.25) is 19.6 Å². The highest BCUT2D eigenvalue weighted by molar-refractivity contribution is 6.75. The number of hydrogen-bond acceptors (Lipinski definition) is 1. The number of benzene rings is 1. The third-order valence-electron chi connectivity index (χ3n) is 1.51. The molecule has 1 rings (SSSR count). The van der Waals surface area contributed by atoms with Crippen LogP contribution in [0.3, 0.4) is 0 Å². The second-order valence-corrected chi connectivity index (χ2v) is 10.4. The maximum Gasteiger partial charge on any atom is 0.178 e. The molecule has 0 radical (unpaired) electrons. The predicted octanol–water partition coefficient (Wildman–Crippen LogP) is 1.25. The second kappa shape index (κ2) is 4.02. The Hall–Kier alpha value is -0.386. The van der Waals surface area contributed by atoms with Gasteiger partial charge in [0.15, 0.2) is 18.1 Å². The van der Waals surface area contributed by atoms with Gasteiger partial charge in [0.05, 0.1) is 0 Å². The van der Waals surface area contributed by atoms with Gasteiger partial charge in [-0.15, -0.1) is 0 Å². The van der Waals surface area contributed by atoms with E-state index in [0.29, 0.717) is 0 Å². The predicted molar refractivity (Wildman–Crippen MR) is 59.1 cm³/mol. The van der Waals surface area contributed by atoms with Crippen molar-refractivity contribution in [3.63, 3.8) is 0 Å². The molecule has 0 spiro atoms. The SMILES string of the molecule is C[Si](C)(C)O[SiH2]c1ccccc1. The van der Waals surface area contributed by atoms with Gasteiger partial charge < -0.3 is 4.12 Å². The zero-order chi connectivity index (χ0) is 9.03. The van der Waals surface area contributed by atoms with Gasteiger partial charge in [0.1, 0.15) is 0 Å². The monoisotopic (exact) mass is 196 g/mol. The molecule has 1 aromatic carbocycles. The van der Waals surface area contributed by atoms with Crippen LogP contribution in [-0.4, -0.2) is 18.1 Å². The van der Waals surface area contributed by atoms with Crippen LogP contribution in [0.5, 0.6) is 0 Å². The molecule has 0 aromatic heterocycles. The van der Waals surface area contributed by atoms with Crippen molar-refractivity contribution in [3.8, 4) is 0 Å². The van der Waals surface area contributed by atoms with Gasteiger partial charge in [0.2, 0.25) is 0 Å². The zero-order valence-electron chi connectivity index (χ0n) is 8.00. The van der Waals surface area contributed by atoms with Gasteiger partial charge in [0.25, 0.3) is 0 Å². The molecule has 0 bridgehead atoms. The standard InChI is InChI=1S/C9H16OSi2/c1-12(2,3)10-11-9-7-5-4-6-8-9/h4-8H,11H2,1-3H3. The number of hydrogen-bond donors (Lipinski definition) is 0. The minimum atomic E-state index is -1.28. The van der Waals surface area contributed by atoms with Crippen LogP contribution in [0.25, 0.3) is 0 Å². The van der Waals surface area contributed by atoms with Crippen molar-refractivity contribution in [2.24, 2.45) is 0 Å². The van der Waals surface area contributed by atoms with E-state index in [1.165, 1.54) is 5.19 Å². The van der Waals surface area contributed by atoms with E-state index < -0.39 is 18.1 Å². The molecule has 3 heteroatoms. The average Bonchev–Trinajstić information content (AvgIpc) is 2.02. The molecular formula is C9H16OSi2. The molecule has 0 unspecified atom stereocenters. The van der Waals surface area contributed by atoms with Crippen molar-refractivity contribution in [2.75, 3.05) is 0 Å². The molecule has 1 aromatic rings. The van der Waals surface area contributed by atoms with Gasteiger partial charge in [-0.25, -0.2) is 0 Å². The van der Waals surface area contributed by atoms with E-state index in [1.54, 1.807) is 0 Å². The van der Waals surface area contributed by atoms with E-state index in [1.807, 2.05) is 6.07 Å². The molecule has 0 fully saturated rings. The minimum Gasteiger partial charge on any atom is -0.457 e. The van der Waals surface area contributed by atoms with Gasteiger partial charge in [-0.1, -0.05) is 30.3 Å². The molecule has 0 saturated heterocycles. The summed E-state index contributed by atoms with van der Waals surface area (Å²) in [4.78, 5) is 0. The smallest absolute Gasteiger partial charge is 0.178 e. The van der Waals surface area contributed by atoms with E-state index in [0.717, 1.165) is 0 Å². The maximum absolute atomic E-state index is 5.89. The number of rotatable bonds is 3. The van der Waals surface area contributed by atoms with Crippen molar-refractivity contribution in [1.29, 1.82) is 0 Å². The first-order valence-corrected chi connectivity index (χ1v) is 8.95. The Labute approximate surface area is 77.8 Å². The van der Waals surface area contributed by atoms with Crippen molar-refractivity contribution < 1.29 is 4.12 Å². The largest absolute Gasteiger partial charge is 0.457 e. The molecule has 66 valence electrons. The van der Waals surface area contributed by atoms with E-state index in [2.05, 4.69) is 43.9 Å². The topological polar surface area (TPSA) is 9.23 Å². The molecule has 0 amide bonds. The molecule has 0 atom stereocenters. The zero-order valence-corrected chi connectivity index (χ0v) is 10.4. The second-order valence-electron chi connectivity index (χ2n) is 3.89. The highest BCUT2D eigenvalue weighted by Crippen LogP contribution is 2.00. The normalized spacial score (nSPS) is 12.6. The maximum atomic E-state index is 5.89. The summed E-state index contributed by atoms with van der Waals surface area (Å²) in [5.41, 5.74) is 0. The highest BCUT2D eigenvalue weighted by atomic mass is 28.4. The summed E-state index contributed by atoms with van der Waals surface area (Å²) in [6.07, 6.45) is 0. The van der Waals surface area contributed by atoms with E-state index in [4.69, 9.17) is 4.12 Å². The molecular weight excluding hydrogens is 180 g/mol. The Balaban J connectivity index is 2.44. The summed E-state index contributed by atoms with van der Waals surface area (Å²) in [5.74, 6) is 0. The van der Waals surface area contributed by atoms with E-state index in [9.17, 15) is 0 Å². The third-order valence-corrected chi connectivity index (χ3v) is 6.36. The Kier molecular flexibility index (Phi) is 3.25. The first-order valence-electron chi connectivity index (χ1n) is 4.26. The van der Waals surface area contributed by atoms with Crippen LogP contribution >= 0.6 is 0 Å². The van der Waals surface area contributed by atoms with Crippen LogP contribution in [0.1, 0.15) is 0 Å². The van der Waals surface area contributed by atoms with Gasteiger partial charge in [0, 0.05) is 0 Å². The van der Waals surface area contributed by atoms with Crippen molar-refractivity contribution >= 4 is 23.3 Å². The molecule has 1 nitrogen and oxygen atoms in total. The van der Waals surface area contributed by atoms with Gasteiger partial charge in [-0.05, 0) is 24.8 Å². The quantitative estimate of drug-likeness (QED) is 0.661. The first-order chi connectivity index (χ1) is 5.58. The Morgan fingerprint density at radius 3 is 2.17 bits per heavy atom. The van der Waals surface area contributed by atoms with Crippen molar-refractivity contribution in [3.05, 3.63) is 30.3 Å². The van der Waals surface area contributed by atoms with Gasteiger partial charge >= 0.3 is 0 Å². The first kappa shape index (κ1) is 9.70. The Morgan fingerprint density at radius 1 is 1.08 bits per heavy atom. The van der Waals surface area contributed by atoms with E-state index in [-0.39, 0.29) is 0 Å². The summed E-state index contributed by atoms with van der Waals surface area (Å²) < 4.78 is 5.89. The van der Waals surface area contributed by atoms with E-state index >= 15 is 0 Å². The van der Waals surface area contributed by atoms with Crippen molar-refractivity contribution in [2.45, 2.75) is 19.6 Å². The van der Waals surface area contributed by atoms with Crippen LogP contribution in [-0.2, 0) is 4.12 Å². The highest BCUT2D eigenvalue weighted by Gasteiger charge is 2.13. The lowest BCUT2D eigenvalue weighted by Gasteiger charge is -2.17. The van der Waals surface area contributed by atoms with Crippen LogP contribution < -0.4 is 5.19 Å².